The van der Waals surface area contributed by atoms with Gasteiger partial charge < -0.3 is 11.1 Å². The van der Waals surface area contributed by atoms with E-state index in [0.717, 1.165) is 5.01 Å². The Morgan fingerprint density at radius 1 is 1.35 bits per heavy atom. The first-order valence-corrected chi connectivity index (χ1v) is 6.20. The minimum Gasteiger partial charge on any atom is -0.393 e. The molecule has 5 nitrogen and oxygen atoms in total. The van der Waals surface area contributed by atoms with Crippen molar-refractivity contribution in [3.63, 3.8) is 0 Å². The van der Waals surface area contributed by atoms with Gasteiger partial charge in [0.15, 0.2) is 11.0 Å². The van der Waals surface area contributed by atoms with E-state index in [2.05, 4.69) is 20.3 Å². The van der Waals surface area contributed by atoms with Gasteiger partial charge >= 0.3 is 0 Å². The summed E-state index contributed by atoms with van der Waals surface area (Å²) in [5, 5.41) is 6.34. The Labute approximate surface area is 108 Å². The second-order valence-electron chi connectivity index (χ2n) is 4.01. The Balaban J connectivity index is 2.29. The van der Waals surface area contributed by atoms with E-state index in [9.17, 15) is 0 Å². The van der Waals surface area contributed by atoms with Gasteiger partial charge in [-0.05, 0) is 13.8 Å². The lowest BCUT2D eigenvalue weighted by atomic mass is 10.1. The molecular formula is C10H12ClN5S. The molecule has 0 aliphatic heterocycles. The van der Waals surface area contributed by atoms with Gasteiger partial charge in [-0.2, -0.15) is 0 Å². The fraction of sp³-hybridized carbons (Fsp3) is 0.300. The van der Waals surface area contributed by atoms with Crippen LogP contribution < -0.4 is 11.1 Å². The van der Waals surface area contributed by atoms with Crippen molar-refractivity contribution in [3.8, 4) is 0 Å². The predicted octanol–water partition coefficient (Wildman–Crippen LogP) is 2.52. The number of nitrogens with two attached hydrogens (primary N) is 1. The summed E-state index contributed by atoms with van der Waals surface area (Å²) in [6.45, 7) is 4.00. The monoisotopic (exact) mass is 269 g/mol. The molecule has 0 aliphatic carbocycles. The summed E-state index contributed by atoms with van der Waals surface area (Å²) in [4.78, 5) is 12.2. The highest BCUT2D eigenvalue weighted by Crippen LogP contribution is 2.30. The van der Waals surface area contributed by atoms with E-state index in [4.69, 9.17) is 17.3 Å². The van der Waals surface area contributed by atoms with E-state index < -0.39 is 0 Å². The zero-order chi connectivity index (χ0) is 12.5. The standard InChI is InChI=1S/C10H12ClN5S/c1-10(2,9-13-3-4-17-9)16-8-6(12)7(11)14-5-15-8/h3-5H,12H2,1-2H3,(H,14,15,16). The summed E-state index contributed by atoms with van der Waals surface area (Å²) in [6.07, 6.45) is 3.14. The third kappa shape index (κ3) is 2.48. The first-order chi connectivity index (χ1) is 8.00. The number of hydrogen-bond donors (Lipinski definition) is 2. The van der Waals surface area contributed by atoms with Crippen molar-refractivity contribution in [1.82, 2.24) is 15.0 Å². The quantitative estimate of drug-likeness (QED) is 0.838. The molecule has 0 saturated carbocycles. The molecule has 0 atom stereocenters. The number of nitrogen functional groups attached to an aromatic ring is 1. The molecule has 0 saturated heterocycles. The van der Waals surface area contributed by atoms with Crippen LogP contribution in [0.1, 0.15) is 18.9 Å². The van der Waals surface area contributed by atoms with Crippen molar-refractivity contribution in [3.05, 3.63) is 28.1 Å². The van der Waals surface area contributed by atoms with E-state index in [-0.39, 0.29) is 10.7 Å². The lowest BCUT2D eigenvalue weighted by Gasteiger charge is -2.25. The van der Waals surface area contributed by atoms with E-state index in [1.807, 2.05) is 19.2 Å². The lowest BCUT2D eigenvalue weighted by molar-refractivity contribution is 0.601. The van der Waals surface area contributed by atoms with Crippen LogP contribution >= 0.6 is 22.9 Å². The molecule has 3 N–H and O–H groups in total. The van der Waals surface area contributed by atoms with Crippen LogP contribution in [0.2, 0.25) is 5.15 Å². The molecule has 0 bridgehead atoms. The molecule has 2 aromatic rings. The summed E-state index contributed by atoms with van der Waals surface area (Å²) in [5.41, 5.74) is 5.79. The molecule has 2 rings (SSSR count). The van der Waals surface area contributed by atoms with Crippen molar-refractivity contribution >= 4 is 34.4 Å². The zero-order valence-corrected chi connectivity index (χ0v) is 11.0. The molecule has 0 aliphatic rings. The minimum atomic E-state index is -0.361. The highest BCUT2D eigenvalue weighted by molar-refractivity contribution is 7.09. The van der Waals surface area contributed by atoms with Crippen LogP contribution in [0, 0.1) is 0 Å². The average Bonchev–Trinajstić information content (AvgIpc) is 2.78. The predicted molar refractivity (Wildman–Crippen MR) is 70.2 cm³/mol. The van der Waals surface area contributed by atoms with E-state index in [1.54, 1.807) is 17.5 Å². The third-order valence-electron chi connectivity index (χ3n) is 2.23. The van der Waals surface area contributed by atoms with Gasteiger partial charge in [-0.1, -0.05) is 11.6 Å². The Hall–Kier alpha value is -1.40. The molecule has 17 heavy (non-hydrogen) atoms. The maximum atomic E-state index is 5.84. The van der Waals surface area contributed by atoms with E-state index in [1.165, 1.54) is 6.33 Å². The second kappa shape index (κ2) is 4.46. The Morgan fingerprint density at radius 3 is 2.76 bits per heavy atom. The van der Waals surface area contributed by atoms with E-state index in [0.29, 0.717) is 11.5 Å². The van der Waals surface area contributed by atoms with Crippen LogP contribution in [-0.2, 0) is 5.54 Å². The molecule has 0 fully saturated rings. The topological polar surface area (TPSA) is 76.7 Å². The van der Waals surface area contributed by atoms with Gasteiger partial charge in [0.05, 0.1) is 5.54 Å². The summed E-state index contributed by atoms with van der Waals surface area (Å²) in [6, 6.07) is 0. The number of nitrogens with zero attached hydrogens (tertiary/aromatic N) is 3. The van der Waals surface area contributed by atoms with Gasteiger partial charge in [0, 0.05) is 11.6 Å². The number of aromatic nitrogens is 3. The summed E-state index contributed by atoms with van der Waals surface area (Å²) >= 11 is 7.41. The zero-order valence-electron chi connectivity index (χ0n) is 9.44. The molecule has 2 heterocycles. The molecule has 0 radical (unpaired) electrons. The number of halogens is 1. The van der Waals surface area contributed by atoms with Crippen molar-refractivity contribution < 1.29 is 0 Å². The largest absolute Gasteiger partial charge is 0.393 e. The summed E-state index contributed by atoms with van der Waals surface area (Å²) in [5.74, 6) is 0.519. The van der Waals surface area contributed by atoms with Crippen LogP contribution in [-0.4, -0.2) is 15.0 Å². The van der Waals surface area contributed by atoms with Gasteiger partial charge in [-0.15, -0.1) is 11.3 Å². The molecule has 0 spiro atoms. The van der Waals surface area contributed by atoms with Crippen molar-refractivity contribution in [2.24, 2.45) is 0 Å². The van der Waals surface area contributed by atoms with Crippen molar-refractivity contribution in [2.45, 2.75) is 19.4 Å². The fourth-order valence-electron chi connectivity index (χ4n) is 1.36. The molecule has 0 unspecified atom stereocenters. The highest BCUT2D eigenvalue weighted by atomic mass is 35.5. The summed E-state index contributed by atoms with van der Waals surface area (Å²) < 4.78 is 0. The molecule has 0 amide bonds. The normalized spacial score (nSPS) is 11.5. The van der Waals surface area contributed by atoms with Crippen LogP contribution in [0.3, 0.4) is 0 Å². The maximum absolute atomic E-state index is 5.84. The first kappa shape index (κ1) is 12.1. The number of rotatable bonds is 3. The maximum Gasteiger partial charge on any atom is 0.157 e. The number of thiazole rings is 1. The van der Waals surface area contributed by atoms with Gasteiger partial charge in [0.2, 0.25) is 0 Å². The van der Waals surface area contributed by atoms with Gasteiger partial charge in [0.25, 0.3) is 0 Å². The Morgan fingerprint density at radius 2 is 2.12 bits per heavy atom. The highest BCUT2D eigenvalue weighted by Gasteiger charge is 2.24. The van der Waals surface area contributed by atoms with Crippen LogP contribution in [0.15, 0.2) is 17.9 Å². The first-order valence-electron chi connectivity index (χ1n) is 4.95. The molecular weight excluding hydrogens is 258 g/mol. The van der Waals surface area contributed by atoms with Crippen molar-refractivity contribution in [1.29, 1.82) is 0 Å². The Kier molecular flexibility index (Phi) is 3.17. The van der Waals surface area contributed by atoms with Crippen LogP contribution in [0.25, 0.3) is 0 Å². The number of hydrogen-bond acceptors (Lipinski definition) is 6. The minimum absolute atomic E-state index is 0.248. The molecule has 7 heteroatoms. The third-order valence-corrected chi connectivity index (χ3v) is 3.63. The van der Waals surface area contributed by atoms with Crippen LogP contribution in [0.5, 0.6) is 0 Å². The van der Waals surface area contributed by atoms with Crippen LogP contribution in [0.4, 0.5) is 11.5 Å². The summed E-state index contributed by atoms with van der Waals surface area (Å²) in [7, 11) is 0. The number of nitrogens with one attached hydrogen (secondary N) is 1. The van der Waals surface area contributed by atoms with E-state index >= 15 is 0 Å². The smallest absolute Gasteiger partial charge is 0.157 e. The van der Waals surface area contributed by atoms with Gasteiger partial charge in [-0.3, -0.25) is 0 Å². The SMILES string of the molecule is CC(C)(Nc1ncnc(Cl)c1N)c1nccs1. The Bertz CT molecular complexity index is 511. The van der Waals surface area contributed by atoms with Gasteiger partial charge in [0.1, 0.15) is 17.0 Å². The fourth-order valence-corrected chi connectivity index (χ4v) is 2.21. The molecule has 90 valence electrons. The average molecular weight is 270 g/mol. The van der Waals surface area contributed by atoms with Gasteiger partial charge in [-0.25, -0.2) is 15.0 Å². The molecule has 0 aromatic carbocycles. The number of anilines is 2. The molecule has 2 aromatic heterocycles. The van der Waals surface area contributed by atoms with Crippen molar-refractivity contribution in [2.75, 3.05) is 11.1 Å². The lowest BCUT2D eigenvalue weighted by Crippen LogP contribution is -2.28. The second-order valence-corrected chi connectivity index (χ2v) is 5.27.